The van der Waals surface area contributed by atoms with Crippen LogP contribution < -0.4 is 5.32 Å². The number of alkyl halides is 6. The standard InChI is InChI=1S/C18H25N5O.2C2HF3O2/c1-3-15(23-8-4-5-9-23)18-21-17(22-24-18)16-12(2)20-11-13-10-19-7-6-14(13)16;2*3-2(4,5)1(6)7/h11,15,19H,3-10H2,1-2H3;2*(H,6,7). The van der Waals surface area contributed by atoms with Crippen LogP contribution in [-0.2, 0) is 22.6 Å². The molecule has 0 aliphatic carbocycles. The summed E-state index contributed by atoms with van der Waals surface area (Å²) in [5.41, 5.74) is 4.63. The first-order chi connectivity index (χ1) is 17.7. The Bertz CT molecular complexity index is 1080. The van der Waals surface area contributed by atoms with Gasteiger partial charge in [0.05, 0.1) is 6.04 Å². The quantitative estimate of drug-likeness (QED) is 0.476. The van der Waals surface area contributed by atoms with Crippen molar-refractivity contribution in [3.05, 3.63) is 28.9 Å². The molecule has 3 N–H and O–H groups in total. The molecule has 0 radical (unpaired) electrons. The van der Waals surface area contributed by atoms with Crippen LogP contribution in [0.15, 0.2) is 10.7 Å². The molecule has 212 valence electrons. The Balaban J connectivity index is 0.000000301. The molecule has 2 aromatic rings. The Kier molecular flexibility index (Phi) is 10.6. The third kappa shape index (κ3) is 8.37. The minimum Gasteiger partial charge on any atom is -0.475 e. The average Bonchev–Trinajstić information content (AvgIpc) is 3.52. The van der Waals surface area contributed by atoms with Crippen LogP contribution in [-0.4, -0.2) is 74.2 Å². The maximum Gasteiger partial charge on any atom is 0.490 e. The summed E-state index contributed by atoms with van der Waals surface area (Å²) >= 11 is 0. The van der Waals surface area contributed by atoms with Crippen LogP contribution in [0.3, 0.4) is 0 Å². The van der Waals surface area contributed by atoms with Gasteiger partial charge in [0.15, 0.2) is 0 Å². The number of hydrogen-bond donors (Lipinski definition) is 3. The van der Waals surface area contributed by atoms with E-state index < -0.39 is 24.3 Å². The largest absolute Gasteiger partial charge is 0.490 e. The molecule has 0 aromatic carbocycles. The number of rotatable bonds is 4. The highest BCUT2D eigenvalue weighted by atomic mass is 19.4. The van der Waals surface area contributed by atoms with Crippen molar-refractivity contribution < 1.29 is 50.7 Å². The van der Waals surface area contributed by atoms with Gasteiger partial charge >= 0.3 is 24.3 Å². The number of nitrogens with one attached hydrogen (secondary N) is 1. The summed E-state index contributed by atoms with van der Waals surface area (Å²) in [7, 11) is 0. The van der Waals surface area contributed by atoms with E-state index in [0.29, 0.717) is 5.82 Å². The van der Waals surface area contributed by atoms with Gasteiger partial charge in [0, 0.05) is 24.0 Å². The molecule has 4 rings (SSSR count). The number of aliphatic carboxylic acids is 2. The van der Waals surface area contributed by atoms with E-state index in [0.717, 1.165) is 56.2 Å². The van der Waals surface area contributed by atoms with Crippen LogP contribution in [0.25, 0.3) is 11.4 Å². The highest BCUT2D eigenvalue weighted by Gasteiger charge is 2.39. The fourth-order valence-corrected chi connectivity index (χ4v) is 3.98. The first-order valence-electron chi connectivity index (χ1n) is 11.5. The SMILES string of the molecule is CCC(c1nc(-c2c(C)ncc3c2CCNC3)no1)N1CCCC1.O=C(O)C(F)(F)F.O=C(O)C(F)(F)F. The zero-order valence-electron chi connectivity index (χ0n) is 20.5. The smallest absolute Gasteiger partial charge is 0.475 e. The molecule has 4 heterocycles. The van der Waals surface area contributed by atoms with Gasteiger partial charge in [-0.15, -0.1) is 0 Å². The number of pyridine rings is 1. The van der Waals surface area contributed by atoms with Gasteiger partial charge in [0.1, 0.15) is 0 Å². The Morgan fingerprint density at radius 2 is 1.66 bits per heavy atom. The predicted octanol–water partition coefficient (Wildman–Crippen LogP) is 3.90. The van der Waals surface area contributed by atoms with Gasteiger partial charge in [0.2, 0.25) is 11.7 Å². The van der Waals surface area contributed by atoms with Crippen molar-refractivity contribution in [3.63, 3.8) is 0 Å². The van der Waals surface area contributed by atoms with Crippen molar-refractivity contribution in [3.8, 4) is 11.4 Å². The summed E-state index contributed by atoms with van der Waals surface area (Å²) in [6.45, 7) is 8.33. The van der Waals surface area contributed by atoms with Crippen LogP contribution in [0.4, 0.5) is 26.3 Å². The maximum atomic E-state index is 10.6. The zero-order valence-corrected chi connectivity index (χ0v) is 20.5. The van der Waals surface area contributed by atoms with Crippen LogP contribution >= 0.6 is 0 Å². The number of carbonyl (C=O) groups is 2. The molecule has 2 aliphatic heterocycles. The van der Waals surface area contributed by atoms with Gasteiger partial charge in [-0.3, -0.25) is 9.88 Å². The minimum absolute atomic E-state index is 0.239. The Labute approximate surface area is 213 Å². The Morgan fingerprint density at radius 3 is 2.16 bits per heavy atom. The highest BCUT2D eigenvalue weighted by Crippen LogP contribution is 2.32. The number of halogens is 6. The fourth-order valence-electron chi connectivity index (χ4n) is 3.98. The first-order valence-corrected chi connectivity index (χ1v) is 11.5. The van der Waals surface area contributed by atoms with Crippen molar-refractivity contribution in [2.24, 2.45) is 0 Å². The zero-order chi connectivity index (χ0) is 28.7. The second-order valence-electron chi connectivity index (χ2n) is 8.38. The summed E-state index contributed by atoms with van der Waals surface area (Å²) in [6.07, 6.45) is -3.68. The van der Waals surface area contributed by atoms with Crippen molar-refractivity contribution in [1.29, 1.82) is 0 Å². The molecule has 1 fully saturated rings. The fraction of sp³-hybridized carbons (Fsp3) is 0.591. The lowest BCUT2D eigenvalue weighted by Crippen LogP contribution is -2.25. The summed E-state index contributed by atoms with van der Waals surface area (Å²) in [5, 5.41) is 22.0. The lowest BCUT2D eigenvalue weighted by Gasteiger charge is -2.22. The molecule has 0 amide bonds. The number of carboxylic acids is 2. The molecule has 1 atom stereocenters. The number of carboxylic acid groups (broad SMARTS) is 2. The molecule has 16 heteroatoms. The molecule has 2 aliphatic rings. The summed E-state index contributed by atoms with van der Waals surface area (Å²) in [5.74, 6) is -4.06. The van der Waals surface area contributed by atoms with E-state index in [9.17, 15) is 26.3 Å². The minimum atomic E-state index is -5.08. The van der Waals surface area contributed by atoms with Crippen LogP contribution in [0, 0.1) is 6.92 Å². The number of hydrogen-bond acceptors (Lipinski definition) is 8. The van der Waals surface area contributed by atoms with Crippen molar-refractivity contribution >= 4 is 11.9 Å². The van der Waals surface area contributed by atoms with Gasteiger partial charge in [-0.05, 0) is 63.4 Å². The first kappa shape index (κ1) is 31.0. The van der Waals surface area contributed by atoms with Gasteiger partial charge in [0.25, 0.3) is 0 Å². The van der Waals surface area contributed by atoms with Crippen LogP contribution in [0.5, 0.6) is 0 Å². The van der Waals surface area contributed by atoms with Crippen molar-refractivity contribution in [2.75, 3.05) is 19.6 Å². The van der Waals surface area contributed by atoms with Gasteiger partial charge in [-0.2, -0.15) is 31.3 Å². The maximum absolute atomic E-state index is 10.6. The summed E-state index contributed by atoms with van der Waals surface area (Å²) < 4.78 is 69.2. The Hall–Kier alpha value is -3.27. The third-order valence-electron chi connectivity index (χ3n) is 5.74. The molecule has 0 saturated carbocycles. The van der Waals surface area contributed by atoms with Crippen molar-refractivity contribution in [2.45, 2.75) is 64.5 Å². The normalized spacial score (nSPS) is 16.4. The van der Waals surface area contributed by atoms with Crippen LogP contribution in [0.2, 0.25) is 0 Å². The molecular formula is C22H27F6N5O5. The van der Waals surface area contributed by atoms with Gasteiger partial charge in [-0.1, -0.05) is 12.1 Å². The molecule has 0 bridgehead atoms. The number of aromatic nitrogens is 3. The van der Waals surface area contributed by atoms with E-state index in [4.69, 9.17) is 29.3 Å². The van der Waals surface area contributed by atoms with E-state index in [2.05, 4.69) is 27.3 Å². The topological polar surface area (TPSA) is 142 Å². The molecular weight excluding hydrogens is 528 g/mol. The van der Waals surface area contributed by atoms with Gasteiger partial charge in [-0.25, -0.2) is 9.59 Å². The molecule has 2 aromatic heterocycles. The van der Waals surface area contributed by atoms with Crippen molar-refractivity contribution in [1.82, 2.24) is 25.3 Å². The highest BCUT2D eigenvalue weighted by molar-refractivity contribution is 5.73. The third-order valence-corrected chi connectivity index (χ3v) is 5.74. The molecule has 38 heavy (non-hydrogen) atoms. The van der Waals surface area contributed by atoms with Crippen LogP contribution in [0.1, 0.15) is 54.9 Å². The van der Waals surface area contributed by atoms with E-state index in [1.807, 2.05) is 13.1 Å². The van der Waals surface area contributed by atoms with E-state index >= 15 is 0 Å². The monoisotopic (exact) mass is 555 g/mol. The molecule has 0 spiro atoms. The second-order valence-corrected chi connectivity index (χ2v) is 8.38. The Morgan fingerprint density at radius 1 is 1.11 bits per heavy atom. The lowest BCUT2D eigenvalue weighted by atomic mass is 9.95. The molecule has 1 unspecified atom stereocenters. The summed E-state index contributed by atoms with van der Waals surface area (Å²) in [4.78, 5) is 29.6. The van der Waals surface area contributed by atoms with Gasteiger partial charge < -0.3 is 20.1 Å². The van der Waals surface area contributed by atoms with E-state index in [1.165, 1.54) is 24.0 Å². The van der Waals surface area contributed by atoms with E-state index in [1.54, 1.807) is 0 Å². The molecule has 1 saturated heterocycles. The number of nitrogens with zero attached hydrogens (tertiary/aromatic N) is 4. The lowest BCUT2D eigenvalue weighted by molar-refractivity contribution is -0.193. The second kappa shape index (κ2) is 13.0. The number of aryl methyl sites for hydroxylation is 1. The van der Waals surface area contributed by atoms with E-state index in [-0.39, 0.29) is 6.04 Å². The molecule has 10 nitrogen and oxygen atoms in total. The summed E-state index contributed by atoms with van der Waals surface area (Å²) in [6, 6.07) is 0.239. The predicted molar refractivity (Wildman–Crippen MR) is 119 cm³/mol. The average molecular weight is 555 g/mol. The number of likely N-dealkylation sites (tertiary alicyclic amines) is 1. The number of fused-ring (bicyclic) bond motifs is 1.